The standard InChI is InChI=1S/C16H13Cl2N11O2S/c1-28-7-21-24-16(28)32-6-10-12(22-27-29(10)14-13(19)25-31-26-14)15(30)23-20-5-8-3-2-4-9(17)11(8)18/h2-5,7H,6H2,1H3,(H2,19,25)(H,23,30)/b20-5+. The maximum atomic E-state index is 12.8. The van der Waals surface area contributed by atoms with Gasteiger partial charge in [0.25, 0.3) is 5.91 Å². The molecule has 3 heterocycles. The minimum atomic E-state index is -0.616. The Hall–Kier alpha value is -3.49. The number of benzene rings is 1. The van der Waals surface area contributed by atoms with E-state index in [2.05, 4.69) is 46.0 Å². The van der Waals surface area contributed by atoms with Gasteiger partial charge in [0.05, 0.1) is 22.0 Å². The van der Waals surface area contributed by atoms with Gasteiger partial charge in [0.1, 0.15) is 6.33 Å². The molecule has 32 heavy (non-hydrogen) atoms. The molecule has 0 aliphatic rings. The largest absolute Gasteiger partial charge is 0.378 e. The minimum Gasteiger partial charge on any atom is -0.378 e. The van der Waals surface area contributed by atoms with Crippen LogP contribution in [-0.2, 0) is 12.8 Å². The Bertz CT molecular complexity index is 1300. The molecule has 164 valence electrons. The maximum Gasteiger partial charge on any atom is 0.293 e. The second-order valence-corrected chi connectivity index (χ2v) is 7.85. The van der Waals surface area contributed by atoms with Crippen molar-refractivity contribution in [1.29, 1.82) is 0 Å². The van der Waals surface area contributed by atoms with E-state index in [-0.39, 0.29) is 23.1 Å². The van der Waals surface area contributed by atoms with Crippen molar-refractivity contribution < 1.29 is 9.42 Å². The van der Waals surface area contributed by atoms with Crippen LogP contribution in [0.2, 0.25) is 10.0 Å². The van der Waals surface area contributed by atoms with Gasteiger partial charge >= 0.3 is 0 Å². The number of nitrogens with zero attached hydrogens (tertiary/aromatic N) is 9. The van der Waals surface area contributed by atoms with Crippen LogP contribution in [0.3, 0.4) is 0 Å². The van der Waals surface area contributed by atoms with E-state index in [1.807, 2.05) is 0 Å². The minimum absolute atomic E-state index is 0.00332. The SMILES string of the molecule is Cn1cnnc1SCc1c(C(=O)N/N=C/c2cccc(Cl)c2Cl)nnn1-c1nonc1N. The number of nitrogens with one attached hydrogen (secondary N) is 1. The third kappa shape index (κ3) is 4.42. The van der Waals surface area contributed by atoms with Crippen LogP contribution in [0, 0.1) is 0 Å². The third-order valence-electron chi connectivity index (χ3n) is 4.03. The summed E-state index contributed by atoms with van der Waals surface area (Å²) in [7, 11) is 1.79. The van der Waals surface area contributed by atoms with Crippen molar-refractivity contribution in [2.75, 3.05) is 5.73 Å². The molecule has 0 spiro atoms. The first-order valence-corrected chi connectivity index (χ1v) is 10.5. The Balaban J connectivity index is 1.59. The van der Waals surface area contributed by atoms with Gasteiger partial charge in [0.15, 0.2) is 10.9 Å². The quantitative estimate of drug-likeness (QED) is 0.219. The number of aromatic nitrogens is 8. The average molecular weight is 494 g/mol. The zero-order chi connectivity index (χ0) is 22.7. The van der Waals surface area contributed by atoms with E-state index in [1.54, 1.807) is 36.1 Å². The molecule has 0 fully saturated rings. The summed E-state index contributed by atoms with van der Waals surface area (Å²) < 4.78 is 7.63. The van der Waals surface area contributed by atoms with Crippen molar-refractivity contribution in [3.05, 3.63) is 51.5 Å². The van der Waals surface area contributed by atoms with E-state index in [0.29, 0.717) is 26.5 Å². The molecule has 16 heteroatoms. The number of nitrogen functional groups attached to an aromatic ring is 1. The lowest BCUT2D eigenvalue weighted by Gasteiger charge is -2.05. The number of carbonyl (C=O) groups excluding carboxylic acids is 1. The highest BCUT2D eigenvalue weighted by molar-refractivity contribution is 7.98. The Morgan fingerprint density at radius 1 is 1.34 bits per heavy atom. The van der Waals surface area contributed by atoms with Crippen molar-refractivity contribution >= 4 is 52.9 Å². The van der Waals surface area contributed by atoms with Crippen LogP contribution in [0.1, 0.15) is 21.7 Å². The van der Waals surface area contributed by atoms with E-state index in [1.165, 1.54) is 22.7 Å². The summed E-state index contributed by atoms with van der Waals surface area (Å²) in [6.45, 7) is 0. The van der Waals surface area contributed by atoms with Crippen LogP contribution in [0.5, 0.6) is 0 Å². The molecule has 0 saturated carbocycles. The Morgan fingerprint density at radius 3 is 2.91 bits per heavy atom. The van der Waals surface area contributed by atoms with E-state index >= 15 is 0 Å². The van der Waals surface area contributed by atoms with Gasteiger partial charge in [-0.2, -0.15) is 9.78 Å². The van der Waals surface area contributed by atoms with Crippen LogP contribution in [0.25, 0.3) is 5.82 Å². The number of nitrogens with two attached hydrogens (primary N) is 1. The number of hydrogen-bond donors (Lipinski definition) is 2. The molecule has 0 saturated heterocycles. The van der Waals surface area contributed by atoms with Gasteiger partial charge in [-0.05, 0) is 16.4 Å². The molecule has 4 aromatic rings. The van der Waals surface area contributed by atoms with E-state index in [4.69, 9.17) is 28.9 Å². The van der Waals surface area contributed by atoms with Gasteiger partial charge in [0, 0.05) is 18.4 Å². The van der Waals surface area contributed by atoms with Gasteiger partial charge in [-0.3, -0.25) is 4.79 Å². The molecular formula is C16H13Cl2N11O2S. The van der Waals surface area contributed by atoms with Crippen molar-refractivity contribution in [2.45, 2.75) is 10.9 Å². The Kier molecular flexibility index (Phi) is 6.34. The number of aryl methyl sites for hydroxylation is 1. The molecule has 0 bridgehead atoms. The fraction of sp³-hybridized carbons (Fsp3) is 0.125. The second kappa shape index (κ2) is 9.33. The molecule has 0 radical (unpaired) electrons. The molecule has 13 nitrogen and oxygen atoms in total. The smallest absolute Gasteiger partial charge is 0.293 e. The number of rotatable bonds is 7. The molecule has 3 aromatic heterocycles. The molecule has 4 rings (SSSR count). The first kappa shape index (κ1) is 21.7. The first-order valence-electron chi connectivity index (χ1n) is 8.73. The third-order valence-corrected chi connectivity index (χ3v) is 5.91. The molecule has 3 N–H and O–H groups in total. The maximum absolute atomic E-state index is 12.8. The lowest BCUT2D eigenvalue weighted by atomic mass is 10.2. The van der Waals surface area contributed by atoms with Crippen molar-refractivity contribution in [1.82, 2.24) is 45.5 Å². The number of hydrazone groups is 1. The number of hydrogen-bond acceptors (Lipinski definition) is 11. The molecule has 0 aliphatic heterocycles. The normalized spacial score (nSPS) is 11.3. The van der Waals surface area contributed by atoms with Gasteiger partial charge < -0.3 is 10.3 Å². The average Bonchev–Trinajstić information content (AvgIpc) is 3.49. The fourth-order valence-electron chi connectivity index (χ4n) is 2.49. The fourth-order valence-corrected chi connectivity index (χ4v) is 3.72. The van der Waals surface area contributed by atoms with Crippen LogP contribution in [0.15, 0.2) is 39.4 Å². The van der Waals surface area contributed by atoms with Crippen LogP contribution in [0.4, 0.5) is 5.82 Å². The van der Waals surface area contributed by atoms with Gasteiger partial charge in [0.2, 0.25) is 11.6 Å². The molecule has 1 aromatic carbocycles. The molecule has 1 amide bonds. The summed E-state index contributed by atoms with van der Waals surface area (Å²) in [5.41, 5.74) is 9.06. The molecule has 0 aliphatic carbocycles. The van der Waals surface area contributed by atoms with Gasteiger partial charge in [-0.25, -0.2) is 10.1 Å². The van der Waals surface area contributed by atoms with Crippen LogP contribution in [-0.4, -0.2) is 52.2 Å². The highest BCUT2D eigenvalue weighted by atomic mass is 35.5. The van der Waals surface area contributed by atoms with Gasteiger partial charge in [-0.15, -0.1) is 15.3 Å². The highest BCUT2D eigenvalue weighted by Crippen LogP contribution is 2.25. The Morgan fingerprint density at radius 2 is 2.19 bits per heavy atom. The summed E-state index contributed by atoms with van der Waals surface area (Å²) in [5.74, 6) is -0.299. The van der Waals surface area contributed by atoms with E-state index in [0.717, 1.165) is 0 Å². The lowest BCUT2D eigenvalue weighted by molar-refractivity contribution is 0.0949. The summed E-state index contributed by atoms with van der Waals surface area (Å²) in [6, 6.07) is 5.05. The van der Waals surface area contributed by atoms with Gasteiger partial charge in [-0.1, -0.05) is 52.3 Å². The first-order chi connectivity index (χ1) is 15.5. The van der Waals surface area contributed by atoms with Crippen LogP contribution >= 0.6 is 35.0 Å². The summed E-state index contributed by atoms with van der Waals surface area (Å²) >= 11 is 13.4. The summed E-state index contributed by atoms with van der Waals surface area (Å²) in [5, 5.41) is 28.2. The second-order valence-electron chi connectivity index (χ2n) is 6.12. The topological polar surface area (TPSA) is 168 Å². The Labute approximate surface area is 193 Å². The van der Waals surface area contributed by atoms with E-state index < -0.39 is 5.91 Å². The highest BCUT2D eigenvalue weighted by Gasteiger charge is 2.24. The number of amides is 1. The number of thioether (sulfide) groups is 1. The molecular weight excluding hydrogens is 481 g/mol. The van der Waals surface area contributed by atoms with Crippen molar-refractivity contribution in [3.63, 3.8) is 0 Å². The van der Waals surface area contributed by atoms with Crippen molar-refractivity contribution in [3.8, 4) is 5.82 Å². The number of carbonyl (C=O) groups is 1. The lowest BCUT2D eigenvalue weighted by Crippen LogP contribution is -2.20. The molecule has 0 unspecified atom stereocenters. The predicted molar refractivity (Wildman–Crippen MR) is 116 cm³/mol. The number of halogens is 2. The monoisotopic (exact) mass is 493 g/mol. The van der Waals surface area contributed by atoms with E-state index in [9.17, 15) is 4.79 Å². The zero-order valence-electron chi connectivity index (χ0n) is 16.2. The molecule has 0 atom stereocenters. The van der Waals surface area contributed by atoms with Crippen molar-refractivity contribution in [2.24, 2.45) is 12.1 Å². The summed E-state index contributed by atoms with van der Waals surface area (Å²) in [6.07, 6.45) is 2.92. The number of anilines is 1. The predicted octanol–water partition coefficient (Wildman–Crippen LogP) is 1.72. The van der Waals surface area contributed by atoms with Crippen LogP contribution < -0.4 is 11.2 Å². The zero-order valence-corrected chi connectivity index (χ0v) is 18.5. The summed E-state index contributed by atoms with van der Waals surface area (Å²) in [4.78, 5) is 12.8.